The minimum Gasteiger partial charge on any atom is -0.457 e. The Labute approximate surface area is 103 Å². The van der Waals surface area contributed by atoms with Crippen LogP contribution in [0.15, 0.2) is 12.2 Å². The van der Waals surface area contributed by atoms with Crippen molar-refractivity contribution in [2.45, 2.75) is 65.1 Å². The Morgan fingerprint density at radius 2 is 1.88 bits per heavy atom. The first-order chi connectivity index (χ1) is 7.59. The van der Waals surface area contributed by atoms with Crippen molar-refractivity contribution in [2.24, 2.45) is 0 Å². The summed E-state index contributed by atoms with van der Waals surface area (Å²) in [6, 6.07) is 0. The molecule has 1 rings (SSSR count). The van der Waals surface area contributed by atoms with E-state index in [0.29, 0.717) is 0 Å². The van der Waals surface area contributed by atoms with Crippen LogP contribution in [0.4, 0.5) is 0 Å². The lowest BCUT2D eigenvalue weighted by Crippen LogP contribution is -2.23. The lowest BCUT2D eigenvalue weighted by molar-refractivity contribution is -0.149. The van der Waals surface area contributed by atoms with Crippen LogP contribution in [0.3, 0.4) is 0 Å². The van der Waals surface area contributed by atoms with Crippen LogP contribution in [-0.4, -0.2) is 29.6 Å². The van der Waals surface area contributed by atoms with Gasteiger partial charge >= 0.3 is 5.97 Å². The van der Waals surface area contributed by atoms with Crippen molar-refractivity contribution in [3.63, 3.8) is 0 Å². The van der Waals surface area contributed by atoms with E-state index in [1.165, 1.54) is 6.08 Å². The average Bonchev–Trinajstić information content (AvgIpc) is 2.33. The van der Waals surface area contributed by atoms with Gasteiger partial charge in [0.1, 0.15) is 11.7 Å². The molecule has 0 saturated carbocycles. The van der Waals surface area contributed by atoms with E-state index in [1.54, 1.807) is 6.08 Å². The number of hydrogen-bond donors (Lipinski definition) is 0. The van der Waals surface area contributed by atoms with E-state index in [1.807, 2.05) is 41.5 Å². The van der Waals surface area contributed by atoms with Crippen molar-refractivity contribution >= 4 is 5.97 Å². The first-order valence-corrected chi connectivity index (χ1v) is 5.86. The molecule has 0 spiro atoms. The van der Waals surface area contributed by atoms with E-state index in [-0.39, 0.29) is 18.2 Å². The Hall–Kier alpha value is -0.870. The highest BCUT2D eigenvalue weighted by molar-refractivity contribution is 5.82. The van der Waals surface area contributed by atoms with Crippen molar-refractivity contribution in [3.05, 3.63) is 12.2 Å². The molecule has 0 aliphatic carbocycles. The average molecular weight is 242 g/mol. The lowest BCUT2D eigenvalue weighted by atomic mass is 10.2. The summed E-state index contributed by atoms with van der Waals surface area (Å²) in [5.41, 5.74) is -0.473. The minimum absolute atomic E-state index is 0.0660. The Morgan fingerprint density at radius 3 is 2.29 bits per heavy atom. The second-order valence-electron chi connectivity index (χ2n) is 5.70. The molecule has 1 fully saturated rings. The van der Waals surface area contributed by atoms with Crippen LogP contribution < -0.4 is 0 Å². The van der Waals surface area contributed by atoms with Gasteiger partial charge in [-0.1, -0.05) is 0 Å². The maximum Gasteiger partial charge on any atom is 0.331 e. The molecule has 0 amide bonds. The summed E-state index contributed by atoms with van der Waals surface area (Å²) in [4.78, 5) is 11.5. The van der Waals surface area contributed by atoms with Crippen molar-refractivity contribution in [1.82, 2.24) is 0 Å². The van der Waals surface area contributed by atoms with Gasteiger partial charge in [-0.2, -0.15) is 0 Å². The molecule has 0 aromatic rings. The van der Waals surface area contributed by atoms with E-state index in [0.717, 1.165) is 0 Å². The fourth-order valence-corrected chi connectivity index (χ4v) is 1.67. The summed E-state index contributed by atoms with van der Waals surface area (Å²) in [6.45, 7) is 11.1. The zero-order chi connectivity index (χ0) is 13.3. The van der Waals surface area contributed by atoms with Gasteiger partial charge in [0.05, 0.1) is 6.10 Å². The molecule has 4 heteroatoms. The van der Waals surface area contributed by atoms with Crippen LogP contribution in [0.1, 0.15) is 41.5 Å². The van der Waals surface area contributed by atoms with Crippen LogP contribution in [-0.2, 0) is 19.0 Å². The topological polar surface area (TPSA) is 44.8 Å². The third kappa shape index (κ3) is 4.88. The van der Waals surface area contributed by atoms with Gasteiger partial charge in [0.15, 0.2) is 5.79 Å². The number of rotatable bonds is 2. The summed E-state index contributed by atoms with van der Waals surface area (Å²) in [5, 5.41) is 0. The molecule has 4 nitrogen and oxygen atoms in total. The Bertz CT molecular complexity index is 312. The number of carbonyl (C=O) groups excluding carboxylic acids is 1. The molecule has 1 aliphatic rings. The zero-order valence-corrected chi connectivity index (χ0v) is 11.4. The van der Waals surface area contributed by atoms with Crippen LogP contribution in [0.25, 0.3) is 0 Å². The largest absolute Gasteiger partial charge is 0.457 e. The maximum atomic E-state index is 11.5. The molecule has 1 saturated heterocycles. The van der Waals surface area contributed by atoms with Crippen molar-refractivity contribution in [3.8, 4) is 0 Å². The maximum absolute atomic E-state index is 11.5. The quantitative estimate of drug-likeness (QED) is 0.551. The Kier molecular flexibility index (Phi) is 3.99. The second-order valence-corrected chi connectivity index (χ2v) is 5.70. The molecule has 17 heavy (non-hydrogen) atoms. The van der Waals surface area contributed by atoms with Crippen molar-refractivity contribution < 1.29 is 19.0 Å². The van der Waals surface area contributed by atoms with Gasteiger partial charge in [0, 0.05) is 6.08 Å². The summed E-state index contributed by atoms with van der Waals surface area (Å²) >= 11 is 0. The predicted octanol–water partition coefficient (Wildman–Crippen LogP) is 2.42. The molecule has 2 atom stereocenters. The highest BCUT2D eigenvalue weighted by Gasteiger charge is 2.37. The number of hydrogen-bond acceptors (Lipinski definition) is 4. The molecule has 1 aliphatic heterocycles. The summed E-state index contributed by atoms with van der Waals surface area (Å²) in [5.74, 6) is -0.958. The SMILES string of the molecule is C[C@@H]1OC(C)(C)O[C@@H]1C=CC(=O)OC(C)(C)C. The van der Waals surface area contributed by atoms with Crippen LogP contribution in [0, 0.1) is 0 Å². The molecule has 0 bridgehead atoms. The van der Waals surface area contributed by atoms with Crippen LogP contribution in [0.5, 0.6) is 0 Å². The van der Waals surface area contributed by atoms with Crippen LogP contribution >= 0.6 is 0 Å². The van der Waals surface area contributed by atoms with Crippen molar-refractivity contribution in [1.29, 1.82) is 0 Å². The molecule has 98 valence electrons. The van der Waals surface area contributed by atoms with Gasteiger partial charge in [-0.15, -0.1) is 0 Å². The number of esters is 1. The monoisotopic (exact) mass is 242 g/mol. The van der Waals surface area contributed by atoms with Crippen molar-refractivity contribution in [2.75, 3.05) is 0 Å². The second kappa shape index (κ2) is 4.78. The minimum atomic E-state index is -0.595. The van der Waals surface area contributed by atoms with Gasteiger partial charge in [-0.05, 0) is 47.6 Å². The number of ether oxygens (including phenoxy) is 3. The molecular weight excluding hydrogens is 220 g/mol. The van der Waals surface area contributed by atoms with Gasteiger partial charge in [0.2, 0.25) is 0 Å². The third-order valence-electron chi connectivity index (χ3n) is 2.18. The third-order valence-corrected chi connectivity index (χ3v) is 2.18. The fraction of sp³-hybridized carbons (Fsp3) is 0.769. The van der Waals surface area contributed by atoms with Gasteiger partial charge in [-0.3, -0.25) is 0 Å². The molecule has 0 radical (unpaired) electrons. The zero-order valence-electron chi connectivity index (χ0n) is 11.4. The number of carbonyl (C=O) groups is 1. The smallest absolute Gasteiger partial charge is 0.331 e. The van der Waals surface area contributed by atoms with E-state index >= 15 is 0 Å². The Balaban J connectivity index is 2.52. The normalized spacial score (nSPS) is 28.6. The van der Waals surface area contributed by atoms with Gasteiger partial charge in [0.25, 0.3) is 0 Å². The van der Waals surface area contributed by atoms with Gasteiger partial charge in [-0.25, -0.2) is 4.79 Å². The highest BCUT2D eigenvalue weighted by atomic mass is 16.7. The summed E-state index contributed by atoms with van der Waals surface area (Å²) in [7, 11) is 0. The lowest BCUT2D eigenvalue weighted by Gasteiger charge is -2.18. The molecular formula is C13H22O4. The molecule has 0 aromatic heterocycles. The van der Waals surface area contributed by atoms with E-state index in [4.69, 9.17) is 14.2 Å². The van der Waals surface area contributed by atoms with Crippen LogP contribution in [0.2, 0.25) is 0 Å². The first-order valence-electron chi connectivity index (χ1n) is 5.86. The predicted molar refractivity (Wildman–Crippen MR) is 64.5 cm³/mol. The van der Waals surface area contributed by atoms with E-state index < -0.39 is 11.4 Å². The summed E-state index contributed by atoms with van der Waals surface area (Å²) < 4.78 is 16.4. The standard InChI is InChI=1S/C13H22O4/c1-9-10(16-13(5,6)15-9)7-8-11(14)17-12(2,3)4/h7-10H,1-6H3/t9-,10+/m0/s1. The molecule has 0 unspecified atom stereocenters. The first kappa shape index (κ1) is 14.2. The van der Waals surface area contributed by atoms with Gasteiger partial charge < -0.3 is 14.2 Å². The summed E-state index contributed by atoms with van der Waals surface area (Å²) in [6.07, 6.45) is 2.81. The highest BCUT2D eigenvalue weighted by Crippen LogP contribution is 2.28. The fourth-order valence-electron chi connectivity index (χ4n) is 1.67. The molecule has 0 aromatic carbocycles. The molecule has 0 N–H and O–H groups in total. The molecule has 1 heterocycles. The Morgan fingerprint density at radius 1 is 1.29 bits per heavy atom. The van der Waals surface area contributed by atoms with E-state index in [9.17, 15) is 4.79 Å². The van der Waals surface area contributed by atoms with E-state index in [2.05, 4.69) is 0 Å².